The van der Waals surface area contributed by atoms with Crippen LogP contribution in [0.15, 0.2) is 72.8 Å². The molecule has 3 aromatic carbocycles. The predicted molar refractivity (Wildman–Crippen MR) is 161 cm³/mol. The molecule has 2 unspecified atom stereocenters. The number of nitrogens with one attached hydrogen (secondary N) is 1. The van der Waals surface area contributed by atoms with Crippen LogP contribution in [0.1, 0.15) is 34.3 Å². The summed E-state index contributed by atoms with van der Waals surface area (Å²) in [5.74, 6) is -1.39. The highest BCUT2D eigenvalue weighted by atomic mass is 32.2. The molecule has 1 amide bonds. The molecule has 0 aromatic heterocycles. The second kappa shape index (κ2) is 14.0. The Morgan fingerprint density at radius 1 is 1.05 bits per heavy atom. The van der Waals surface area contributed by atoms with Gasteiger partial charge in [-0.2, -0.15) is 0 Å². The van der Waals surface area contributed by atoms with Gasteiger partial charge in [0.1, 0.15) is 28.2 Å². The van der Waals surface area contributed by atoms with Crippen molar-refractivity contribution in [2.24, 2.45) is 0 Å². The number of ether oxygens (including phenoxy) is 2. The Balaban J connectivity index is 1.59. The number of amides is 1. The summed E-state index contributed by atoms with van der Waals surface area (Å²) in [6.45, 7) is 3.81. The molecule has 1 fully saturated rings. The van der Waals surface area contributed by atoms with Crippen LogP contribution < -0.4 is 10.1 Å². The topological polar surface area (TPSA) is 122 Å². The molecule has 1 heterocycles. The predicted octanol–water partition coefficient (Wildman–Crippen LogP) is 3.95. The fraction of sp³-hybridized carbons (Fsp3) is 0.375. The summed E-state index contributed by atoms with van der Waals surface area (Å²) in [4.78, 5) is 27.6. The zero-order valence-corrected chi connectivity index (χ0v) is 25.0. The van der Waals surface area contributed by atoms with Crippen LogP contribution in [0.3, 0.4) is 0 Å². The van der Waals surface area contributed by atoms with Gasteiger partial charge < -0.3 is 19.9 Å². The number of hydrogen-bond acceptors (Lipinski definition) is 7. The first kappa shape index (κ1) is 31.2. The molecule has 3 aromatic rings. The summed E-state index contributed by atoms with van der Waals surface area (Å²) < 4.78 is 35.0. The van der Waals surface area contributed by atoms with Crippen molar-refractivity contribution in [3.8, 4) is 16.9 Å². The van der Waals surface area contributed by atoms with E-state index in [0.717, 1.165) is 41.7 Å². The number of likely N-dealkylation sites (tertiary alicyclic amines) is 1. The molecule has 0 radical (unpaired) electrons. The Morgan fingerprint density at radius 3 is 2.43 bits per heavy atom. The third kappa shape index (κ3) is 8.40. The maximum Gasteiger partial charge on any atom is 0.326 e. The number of aliphatic carboxylic acids is 1. The second-order valence-electron chi connectivity index (χ2n) is 10.8. The van der Waals surface area contributed by atoms with E-state index in [2.05, 4.69) is 10.2 Å². The number of hydrogen-bond donors (Lipinski definition) is 2. The largest absolute Gasteiger partial charge is 0.492 e. The molecule has 4 rings (SSSR count). The lowest BCUT2D eigenvalue weighted by molar-refractivity contribution is -0.139. The Kier molecular flexibility index (Phi) is 10.4. The zero-order chi connectivity index (χ0) is 30.3. The van der Waals surface area contributed by atoms with E-state index in [9.17, 15) is 23.1 Å². The lowest BCUT2D eigenvalue weighted by atomic mass is 9.93. The van der Waals surface area contributed by atoms with E-state index >= 15 is 0 Å². The van der Waals surface area contributed by atoms with Gasteiger partial charge in [0, 0.05) is 38.1 Å². The molecule has 0 aliphatic carbocycles. The first-order chi connectivity index (χ1) is 20.0. The zero-order valence-electron chi connectivity index (χ0n) is 24.2. The SMILES string of the molecule is COC1C[C@@H](COc2ccccc2)N(Cc2ccc(C(=O)NC(CCS(C)(=O)=O)C(=O)O)c(-c3ccccc3C)c2)C1. The standard InChI is InChI=1S/C32H38N2O7S/c1-22-9-7-8-12-27(22)29-17-23(13-14-28(29)31(35)33-30(32(36)37)15-16-42(3,38)39)19-34-20-26(40-2)18-24(34)21-41-25-10-5-4-6-11-25/h4-14,17,24,26,30H,15-16,18-21H2,1-3H3,(H,33,35)(H,36,37)/t24-,26?,30?/m0/s1. The van der Waals surface area contributed by atoms with Crippen LogP contribution >= 0.6 is 0 Å². The number of carboxylic acid groups (broad SMARTS) is 1. The van der Waals surface area contributed by atoms with Gasteiger partial charge in [0.25, 0.3) is 5.91 Å². The Labute approximate surface area is 247 Å². The molecule has 0 spiro atoms. The second-order valence-corrected chi connectivity index (χ2v) is 13.0. The third-order valence-electron chi connectivity index (χ3n) is 7.54. The minimum atomic E-state index is -3.39. The van der Waals surface area contributed by atoms with Gasteiger partial charge in [0.15, 0.2) is 0 Å². The number of carbonyl (C=O) groups excluding carboxylic acids is 1. The molecule has 9 nitrogen and oxygen atoms in total. The molecular weight excluding hydrogens is 556 g/mol. The summed E-state index contributed by atoms with van der Waals surface area (Å²) in [7, 11) is -1.68. The number of carboxylic acids is 1. The van der Waals surface area contributed by atoms with Gasteiger partial charge in [-0.25, -0.2) is 13.2 Å². The minimum absolute atomic E-state index is 0.0788. The lowest BCUT2D eigenvalue weighted by Crippen LogP contribution is -2.42. The summed E-state index contributed by atoms with van der Waals surface area (Å²) in [6, 6.07) is 21.7. The highest BCUT2D eigenvalue weighted by Gasteiger charge is 2.33. The van der Waals surface area contributed by atoms with E-state index in [1.165, 1.54) is 0 Å². The molecule has 10 heteroatoms. The Morgan fingerprint density at radius 2 is 1.76 bits per heavy atom. The molecule has 42 heavy (non-hydrogen) atoms. The smallest absolute Gasteiger partial charge is 0.326 e. The van der Waals surface area contributed by atoms with Crippen LogP contribution in [0.25, 0.3) is 11.1 Å². The molecule has 1 aliphatic heterocycles. The van der Waals surface area contributed by atoms with Gasteiger partial charge in [-0.3, -0.25) is 9.69 Å². The maximum atomic E-state index is 13.4. The lowest BCUT2D eigenvalue weighted by Gasteiger charge is -2.25. The van der Waals surface area contributed by atoms with Gasteiger partial charge in [0.05, 0.1) is 11.9 Å². The number of benzene rings is 3. The summed E-state index contributed by atoms with van der Waals surface area (Å²) in [5.41, 5.74) is 3.80. The molecule has 0 bridgehead atoms. The molecule has 2 N–H and O–H groups in total. The molecule has 224 valence electrons. The summed E-state index contributed by atoms with van der Waals surface area (Å²) >= 11 is 0. The average Bonchev–Trinajstić information content (AvgIpc) is 3.35. The van der Waals surface area contributed by atoms with E-state index in [4.69, 9.17) is 9.47 Å². The van der Waals surface area contributed by atoms with E-state index in [0.29, 0.717) is 24.3 Å². The number of rotatable bonds is 13. The van der Waals surface area contributed by atoms with Gasteiger partial charge in [-0.1, -0.05) is 48.5 Å². The van der Waals surface area contributed by atoms with Crippen molar-refractivity contribution >= 4 is 21.7 Å². The normalized spacial score (nSPS) is 18.0. The monoisotopic (exact) mass is 594 g/mol. The number of nitrogens with zero attached hydrogens (tertiary/aromatic N) is 1. The number of sulfone groups is 1. The van der Waals surface area contributed by atoms with Crippen LogP contribution in [0.4, 0.5) is 0 Å². The molecule has 1 aliphatic rings. The van der Waals surface area contributed by atoms with E-state index in [1.54, 1.807) is 13.2 Å². The molecular formula is C32H38N2O7S. The summed E-state index contributed by atoms with van der Waals surface area (Å²) in [5, 5.41) is 12.2. The maximum absolute atomic E-state index is 13.4. The van der Waals surface area contributed by atoms with E-state index < -0.39 is 27.8 Å². The van der Waals surface area contributed by atoms with Crippen LogP contribution in [0.2, 0.25) is 0 Å². The van der Waals surface area contributed by atoms with Gasteiger partial charge in [0.2, 0.25) is 0 Å². The Bertz CT molecular complexity index is 1490. The van der Waals surface area contributed by atoms with Crippen LogP contribution in [-0.2, 0) is 25.9 Å². The van der Waals surface area contributed by atoms with Crippen LogP contribution in [0.5, 0.6) is 5.75 Å². The number of aryl methyl sites for hydroxylation is 1. The van der Waals surface area contributed by atoms with Crippen molar-refractivity contribution in [2.45, 2.75) is 44.5 Å². The van der Waals surface area contributed by atoms with Crippen molar-refractivity contribution < 1.29 is 32.6 Å². The van der Waals surface area contributed by atoms with Crippen molar-refractivity contribution in [3.05, 3.63) is 89.5 Å². The first-order valence-electron chi connectivity index (χ1n) is 13.9. The van der Waals surface area contributed by atoms with Gasteiger partial charge in [-0.15, -0.1) is 0 Å². The van der Waals surface area contributed by atoms with Crippen molar-refractivity contribution in [2.75, 3.05) is 32.3 Å². The molecule has 0 saturated carbocycles. The number of carbonyl (C=O) groups is 2. The number of methoxy groups -OCH3 is 1. The molecule has 3 atom stereocenters. The third-order valence-corrected chi connectivity index (χ3v) is 8.52. The van der Waals surface area contributed by atoms with Crippen molar-refractivity contribution in [1.29, 1.82) is 0 Å². The van der Waals surface area contributed by atoms with E-state index in [1.807, 2.05) is 73.7 Å². The van der Waals surface area contributed by atoms with Gasteiger partial charge >= 0.3 is 5.97 Å². The highest BCUT2D eigenvalue weighted by molar-refractivity contribution is 7.90. The Hall–Kier alpha value is -3.73. The van der Waals surface area contributed by atoms with E-state index in [-0.39, 0.29) is 24.3 Å². The van der Waals surface area contributed by atoms with Gasteiger partial charge in [-0.05, 0) is 66.3 Å². The van der Waals surface area contributed by atoms with Crippen LogP contribution in [0, 0.1) is 6.92 Å². The van der Waals surface area contributed by atoms with Crippen LogP contribution in [-0.4, -0.2) is 80.8 Å². The molecule has 1 saturated heterocycles. The quantitative estimate of drug-likeness (QED) is 0.305. The summed E-state index contributed by atoms with van der Waals surface area (Å²) in [6.07, 6.45) is 1.73. The van der Waals surface area contributed by atoms with Crippen molar-refractivity contribution in [3.63, 3.8) is 0 Å². The van der Waals surface area contributed by atoms with Crippen molar-refractivity contribution in [1.82, 2.24) is 10.2 Å². The highest BCUT2D eigenvalue weighted by Crippen LogP contribution is 2.30. The minimum Gasteiger partial charge on any atom is -0.492 e. The average molecular weight is 595 g/mol. The fourth-order valence-electron chi connectivity index (χ4n) is 5.23. The number of para-hydroxylation sites is 1. The fourth-order valence-corrected chi connectivity index (χ4v) is 5.89. The first-order valence-corrected chi connectivity index (χ1v) is 15.9.